The van der Waals surface area contributed by atoms with Crippen molar-refractivity contribution in [2.24, 2.45) is 23.5 Å². The molecule has 4 aromatic rings. The molecule has 10 rings (SSSR count). The Morgan fingerprint density at radius 1 is 0.812 bits per heavy atom. The van der Waals surface area contributed by atoms with Gasteiger partial charge in [-0.25, -0.2) is 9.97 Å². The maximum absolute atomic E-state index is 12.9. The molecule has 8 nitrogen and oxygen atoms in total. The Morgan fingerprint density at radius 2 is 1.31 bits per heavy atom. The number of hydrogen-bond donors (Lipinski definition) is 1. The van der Waals surface area contributed by atoms with Gasteiger partial charge in [-0.05, 0) is 141 Å². The summed E-state index contributed by atoms with van der Waals surface area (Å²) in [6.45, 7) is 18.2. The Hall–Kier alpha value is -2.56. The second-order valence-corrected chi connectivity index (χ2v) is 16.9. The van der Waals surface area contributed by atoms with E-state index in [1.165, 1.54) is 61.3 Å². The quantitative estimate of drug-likeness (QED) is 0.217. The predicted octanol–water partition coefficient (Wildman–Crippen LogP) is 7.56. The lowest BCUT2D eigenvalue weighted by Crippen LogP contribution is -2.67. The molecule has 8 heterocycles. The predicted molar refractivity (Wildman–Crippen MR) is 198 cm³/mol. The zero-order chi connectivity index (χ0) is 33.9. The zero-order valence-electron chi connectivity index (χ0n) is 29.0. The molecule has 0 amide bonds. The lowest BCUT2D eigenvalue weighted by atomic mass is 9.65. The number of Topliss-reactive ketones (excluding diaryl/α,β-unsaturated/α-hetero) is 1. The minimum atomic E-state index is 0. The van der Waals surface area contributed by atoms with E-state index in [0.29, 0.717) is 24.3 Å². The summed E-state index contributed by atoms with van der Waals surface area (Å²) in [6.07, 6.45) is 6.08. The van der Waals surface area contributed by atoms with Crippen LogP contribution in [0.25, 0.3) is 20.4 Å². The Kier molecular flexibility index (Phi) is 12.7. The molecule has 0 spiro atoms. The minimum absolute atomic E-state index is 0. The van der Waals surface area contributed by atoms with Crippen LogP contribution >= 0.6 is 35.1 Å². The summed E-state index contributed by atoms with van der Waals surface area (Å²) in [5.41, 5.74) is 9.48. The van der Waals surface area contributed by atoms with Crippen molar-refractivity contribution in [3.8, 4) is 0 Å². The van der Waals surface area contributed by atoms with Gasteiger partial charge in [-0.3, -0.25) is 14.6 Å². The molecule has 4 bridgehead atoms. The average Bonchev–Trinajstić information content (AvgIpc) is 3.62. The third kappa shape index (κ3) is 8.24. The van der Waals surface area contributed by atoms with Gasteiger partial charge in [0, 0.05) is 29.1 Å². The van der Waals surface area contributed by atoms with Crippen LogP contribution in [-0.4, -0.2) is 75.0 Å². The minimum Gasteiger partial charge on any atom is -0.326 e. The molecule has 0 saturated carbocycles. The molecule has 2 atom stereocenters. The first kappa shape index (κ1) is 38.2. The maximum atomic E-state index is 12.9. The molecule has 2 aromatic heterocycles. The fourth-order valence-electron chi connectivity index (χ4n) is 8.25. The molecule has 11 heteroatoms. The fourth-order valence-corrected chi connectivity index (χ4v) is 9.88. The van der Waals surface area contributed by atoms with E-state index in [-0.39, 0.29) is 35.4 Å². The van der Waals surface area contributed by atoms with Crippen LogP contribution < -0.4 is 5.73 Å². The van der Waals surface area contributed by atoms with Gasteiger partial charge >= 0.3 is 6.15 Å². The van der Waals surface area contributed by atoms with E-state index in [2.05, 4.69) is 59.6 Å². The largest absolute Gasteiger partial charge is 0.373 e. The summed E-state index contributed by atoms with van der Waals surface area (Å²) in [4.78, 5) is 43.1. The van der Waals surface area contributed by atoms with E-state index in [4.69, 9.17) is 15.3 Å². The number of piperidine rings is 6. The number of halogens is 1. The van der Waals surface area contributed by atoms with Crippen molar-refractivity contribution < 1.29 is 14.4 Å². The number of nitrogens with zero attached hydrogens (tertiary/aromatic N) is 4. The van der Waals surface area contributed by atoms with Crippen LogP contribution in [0.4, 0.5) is 0 Å². The van der Waals surface area contributed by atoms with Crippen LogP contribution in [0.5, 0.6) is 0 Å². The van der Waals surface area contributed by atoms with Gasteiger partial charge in [0.05, 0.1) is 30.4 Å². The number of carbonyl (C=O) groups excluding carboxylic acids is 3. The van der Waals surface area contributed by atoms with Crippen LogP contribution in [0.1, 0.15) is 80.2 Å². The highest BCUT2D eigenvalue weighted by molar-refractivity contribution is 7.18. The fraction of sp³-hybridized carbons (Fsp3) is 0.568. The smallest absolute Gasteiger partial charge is 0.326 e. The third-order valence-corrected chi connectivity index (χ3v) is 13.0. The van der Waals surface area contributed by atoms with Crippen LogP contribution in [0.3, 0.4) is 0 Å². The lowest BCUT2D eigenvalue weighted by Gasteiger charge is -2.56. The molecule has 0 radical (unpaired) electrons. The molecule has 6 fully saturated rings. The highest BCUT2D eigenvalue weighted by Crippen LogP contribution is 2.46. The summed E-state index contributed by atoms with van der Waals surface area (Å²) in [5.74, 6) is 2.27. The normalized spacial score (nSPS) is 27.2. The molecule has 2 N–H and O–H groups in total. The SMILES string of the molecule is CC1(C)[C@H](N)C2CCN1CC2.Cc1nc2cc(C(=O)C[C@@H]3C4CCN(CC4)C3(C)C)ccc2s1.Cc1nc2ccccc2s1.Cl.O=C=O. The van der Waals surface area contributed by atoms with Gasteiger partial charge in [0.25, 0.3) is 0 Å². The number of aryl methyl sites for hydroxylation is 2. The number of aromatic nitrogens is 2. The standard InChI is InChI=1S/C19H24N2OS.C9H18N2.C8H7NS.CO2.ClH/c1-12-20-16-10-14(4-5-18(16)23-12)17(22)11-15-13-6-8-21(9-7-13)19(15,2)3;1-9(2)8(10)7-3-5-11(9)6-4-7;1-6-9-7-4-2-3-5-8(7)10-6;2-1-3;/h4-5,10,13,15H,6-9,11H2,1-3H3;7-8H,3-6,10H2,1-2H3;2-5H,1H3;;1H/t15-;8-;;;/m11.../s1. The number of carbonyl (C=O) groups is 1. The number of thiazole rings is 2. The number of benzene rings is 2. The molecular formula is C37H50ClN5O3S2. The second-order valence-electron chi connectivity index (χ2n) is 14.4. The van der Waals surface area contributed by atoms with Crippen molar-refractivity contribution in [3.63, 3.8) is 0 Å². The van der Waals surface area contributed by atoms with Crippen molar-refractivity contribution in [2.45, 2.75) is 90.8 Å². The number of para-hydroxylation sites is 1. The molecule has 6 aliphatic rings. The van der Waals surface area contributed by atoms with Gasteiger partial charge in [0.15, 0.2) is 5.78 Å². The number of fused-ring (bicyclic) bond motifs is 8. The van der Waals surface area contributed by atoms with E-state index >= 15 is 0 Å². The molecular weight excluding hydrogens is 662 g/mol. The Bertz CT molecular complexity index is 1680. The molecule has 48 heavy (non-hydrogen) atoms. The molecule has 6 aliphatic heterocycles. The number of rotatable bonds is 3. The first-order chi connectivity index (χ1) is 22.3. The molecule has 6 saturated heterocycles. The first-order valence-corrected chi connectivity index (χ1v) is 18.5. The molecule has 2 aromatic carbocycles. The van der Waals surface area contributed by atoms with E-state index < -0.39 is 0 Å². The second kappa shape index (κ2) is 16.0. The van der Waals surface area contributed by atoms with E-state index in [1.807, 2.05) is 44.2 Å². The maximum Gasteiger partial charge on any atom is 0.373 e. The van der Waals surface area contributed by atoms with Gasteiger partial charge in [-0.15, -0.1) is 35.1 Å². The van der Waals surface area contributed by atoms with E-state index in [0.717, 1.165) is 32.5 Å². The Balaban J connectivity index is 0.000000173. The van der Waals surface area contributed by atoms with Crippen LogP contribution in [0.15, 0.2) is 42.5 Å². The molecule has 0 unspecified atom stereocenters. The molecule has 260 valence electrons. The van der Waals surface area contributed by atoms with Crippen LogP contribution in [0, 0.1) is 31.6 Å². The summed E-state index contributed by atoms with van der Waals surface area (Å²) < 4.78 is 2.45. The number of nitrogens with two attached hydrogens (primary N) is 1. The Labute approximate surface area is 298 Å². The monoisotopic (exact) mass is 711 g/mol. The van der Waals surface area contributed by atoms with Gasteiger partial charge in [-0.2, -0.15) is 9.59 Å². The van der Waals surface area contributed by atoms with Gasteiger partial charge in [0.1, 0.15) is 0 Å². The van der Waals surface area contributed by atoms with Crippen LogP contribution in [-0.2, 0) is 9.59 Å². The van der Waals surface area contributed by atoms with Crippen molar-refractivity contribution in [1.29, 1.82) is 0 Å². The number of ketones is 1. The van der Waals surface area contributed by atoms with Gasteiger partial charge in [0.2, 0.25) is 0 Å². The summed E-state index contributed by atoms with van der Waals surface area (Å²) in [7, 11) is 0. The van der Waals surface area contributed by atoms with Crippen molar-refractivity contribution >= 4 is 67.4 Å². The third-order valence-electron chi connectivity index (χ3n) is 11.1. The highest BCUT2D eigenvalue weighted by atomic mass is 35.5. The van der Waals surface area contributed by atoms with Gasteiger partial charge in [-0.1, -0.05) is 12.1 Å². The van der Waals surface area contributed by atoms with Crippen LogP contribution in [0.2, 0.25) is 0 Å². The first-order valence-electron chi connectivity index (χ1n) is 16.8. The topological polar surface area (TPSA) is 109 Å². The highest BCUT2D eigenvalue weighted by Gasteiger charge is 2.48. The van der Waals surface area contributed by atoms with Crippen molar-refractivity contribution in [3.05, 3.63) is 58.0 Å². The van der Waals surface area contributed by atoms with E-state index in [1.54, 1.807) is 22.7 Å². The zero-order valence-corrected chi connectivity index (χ0v) is 31.5. The average molecular weight is 712 g/mol. The summed E-state index contributed by atoms with van der Waals surface area (Å²) in [6, 6.07) is 14.6. The van der Waals surface area contributed by atoms with E-state index in [9.17, 15) is 4.79 Å². The molecule has 0 aliphatic carbocycles. The Morgan fingerprint density at radius 3 is 1.81 bits per heavy atom. The van der Waals surface area contributed by atoms with Crippen molar-refractivity contribution in [1.82, 2.24) is 19.8 Å². The summed E-state index contributed by atoms with van der Waals surface area (Å²) in [5, 5.41) is 2.20. The van der Waals surface area contributed by atoms with Crippen molar-refractivity contribution in [2.75, 3.05) is 26.2 Å². The number of hydrogen-bond acceptors (Lipinski definition) is 10. The summed E-state index contributed by atoms with van der Waals surface area (Å²) >= 11 is 3.43. The lowest BCUT2D eigenvalue weighted by molar-refractivity contribution is -0.191. The van der Waals surface area contributed by atoms with Gasteiger partial charge < -0.3 is 5.73 Å².